The summed E-state index contributed by atoms with van der Waals surface area (Å²) in [6.07, 6.45) is 5.01. The number of nitrogens with zero attached hydrogens (tertiary/aromatic N) is 2. The second-order valence-corrected chi connectivity index (χ2v) is 8.31. The zero-order valence-corrected chi connectivity index (χ0v) is 17.9. The quantitative estimate of drug-likeness (QED) is 0.733. The molecule has 166 valence electrons. The van der Waals surface area contributed by atoms with E-state index in [0.717, 1.165) is 44.5 Å². The molecule has 1 N–H and O–H groups in total. The average molecular weight is 428 g/mol. The van der Waals surface area contributed by atoms with Gasteiger partial charge in [0.2, 0.25) is 5.91 Å². The number of carbonyl (C=O) groups is 1. The number of piperidine rings is 1. The normalized spacial score (nSPS) is 22.8. The number of ether oxygens (including phenoxy) is 2. The van der Waals surface area contributed by atoms with Gasteiger partial charge in [0.25, 0.3) is 0 Å². The summed E-state index contributed by atoms with van der Waals surface area (Å²) in [5.74, 6) is 0.0770. The maximum atomic E-state index is 14.7. The van der Waals surface area contributed by atoms with Gasteiger partial charge in [-0.1, -0.05) is 18.2 Å². The highest BCUT2D eigenvalue weighted by Crippen LogP contribution is 2.31. The molecule has 4 rings (SSSR count). The van der Waals surface area contributed by atoms with Crippen molar-refractivity contribution in [3.63, 3.8) is 0 Å². The fourth-order valence-electron chi connectivity index (χ4n) is 4.61. The minimum Gasteiger partial charge on any atom is -0.494 e. The monoisotopic (exact) mass is 427 g/mol. The topological polar surface area (TPSA) is 63.7 Å². The summed E-state index contributed by atoms with van der Waals surface area (Å²) in [5, 5.41) is 3.21. The second-order valence-electron chi connectivity index (χ2n) is 8.31. The van der Waals surface area contributed by atoms with Crippen LogP contribution in [0.15, 0.2) is 42.6 Å². The summed E-state index contributed by atoms with van der Waals surface area (Å²) in [5.41, 5.74) is 1.48. The van der Waals surface area contributed by atoms with Crippen molar-refractivity contribution in [2.45, 2.75) is 44.4 Å². The molecule has 2 fully saturated rings. The molecular weight excluding hydrogens is 397 g/mol. The van der Waals surface area contributed by atoms with Gasteiger partial charge in [0, 0.05) is 31.5 Å². The standard InChI is InChI=1S/C24H30FN3O3/c1-30-20-10-4-7-17(22(20)25)15-28-13-5-8-18(16-28)23(19-9-2-3-12-26-19)27-24(29)21-11-6-14-31-21/h2-4,7,9-10,12,18,21,23H,5-6,8,11,13-16H2,1H3,(H,27,29). The number of nitrogens with one attached hydrogen (secondary N) is 1. The molecule has 1 aromatic heterocycles. The molecule has 7 heteroatoms. The van der Waals surface area contributed by atoms with E-state index in [2.05, 4.69) is 15.2 Å². The molecule has 2 aliphatic heterocycles. The highest BCUT2D eigenvalue weighted by molar-refractivity contribution is 5.81. The first-order chi connectivity index (χ1) is 15.2. The number of hydrogen-bond donors (Lipinski definition) is 1. The molecule has 2 saturated heterocycles. The van der Waals surface area contributed by atoms with Gasteiger partial charge in [-0.25, -0.2) is 4.39 Å². The molecule has 3 unspecified atom stereocenters. The highest BCUT2D eigenvalue weighted by Gasteiger charge is 2.33. The Labute approximate surface area is 182 Å². The number of carbonyl (C=O) groups excluding carboxylic acids is 1. The highest BCUT2D eigenvalue weighted by atomic mass is 19.1. The molecule has 2 aliphatic rings. The third-order valence-electron chi connectivity index (χ3n) is 6.20. The Kier molecular flexibility index (Phi) is 7.14. The van der Waals surface area contributed by atoms with E-state index in [9.17, 15) is 9.18 Å². The van der Waals surface area contributed by atoms with Crippen LogP contribution in [0.2, 0.25) is 0 Å². The van der Waals surface area contributed by atoms with Gasteiger partial charge in [-0.3, -0.25) is 14.7 Å². The van der Waals surface area contributed by atoms with E-state index < -0.39 is 0 Å². The van der Waals surface area contributed by atoms with Crippen LogP contribution in [0.1, 0.15) is 43.0 Å². The largest absolute Gasteiger partial charge is 0.494 e. The number of benzene rings is 1. The van der Waals surface area contributed by atoms with Crippen LogP contribution in [0.3, 0.4) is 0 Å². The molecule has 3 atom stereocenters. The van der Waals surface area contributed by atoms with E-state index in [1.54, 1.807) is 18.3 Å². The van der Waals surface area contributed by atoms with Gasteiger partial charge in [0.05, 0.1) is 18.8 Å². The van der Waals surface area contributed by atoms with Gasteiger partial charge in [0.1, 0.15) is 6.10 Å². The first-order valence-corrected chi connectivity index (χ1v) is 11.0. The Bertz CT molecular complexity index is 874. The number of halogens is 1. The number of amides is 1. The second kappa shape index (κ2) is 10.2. The van der Waals surface area contributed by atoms with E-state index in [1.807, 2.05) is 24.3 Å². The molecule has 0 aliphatic carbocycles. The van der Waals surface area contributed by atoms with Crippen LogP contribution in [-0.4, -0.2) is 48.7 Å². The number of likely N-dealkylation sites (tertiary alicyclic amines) is 1. The van der Waals surface area contributed by atoms with Crippen LogP contribution >= 0.6 is 0 Å². The van der Waals surface area contributed by atoms with Gasteiger partial charge in [-0.05, 0) is 56.3 Å². The molecular formula is C24H30FN3O3. The lowest BCUT2D eigenvalue weighted by Crippen LogP contribution is -2.45. The molecule has 3 heterocycles. The molecule has 0 saturated carbocycles. The van der Waals surface area contributed by atoms with Crippen molar-refractivity contribution in [1.29, 1.82) is 0 Å². The van der Waals surface area contributed by atoms with Crippen LogP contribution in [0, 0.1) is 11.7 Å². The number of methoxy groups -OCH3 is 1. The van der Waals surface area contributed by atoms with Gasteiger partial charge in [-0.2, -0.15) is 0 Å². The lowest BCUT2D eigenvalue weighted by molar-refractivity contribution is -0.131. The number of aromatic nitrogens is 1. The predicted octanol–water partition coefficient (Wildman–Crippen LogP) is 3.48. The first kappa shape index (κ1) is 21.7. The average Bonchev–Trinajstić information content (AvgIpc) is 3.35. The van der Waals surface area contributed by atoms with Crippen molar-refractivity contribution in [1.82, 2.24) is 15.2 Å². The molecule has 0 spiro atoms. The first-order valence-electron chi connectivity index (χ1n) is 11.0. The van der Waals surface area contributed by atoms with E-state index in [1.165, 1.54) is 7.11 Å². The van der Waals surface area contributed by atoms with E-state index >= 15 is 0 Å². The van der Waals surface area contributed by atoms with Crippen molar-refractivity contribution in [2.75, 3.05) is 26.8 Å². The summed E-state index contributed by atoms with van der Waals surface area (Å²) in [7, 11) is 1.48. The zero-order chi connectivity index (χ0) is 21.6. The van der Waals surface area contributed by atoms with E-state index in [0.29, 0.717) is 18.7 Å². The maximum Gasteiger partial charge on any atom is 0.249 e. The Morgan fingerprint density at radius 2 is 2.19 bits per heavy atom. The molecule has 2 aromatic rings. The molecule has 0 radical (unpaired) electrons. The lowest BCUT2D eigenvalue weighted by Gasteiger charge is -2.37. The Hall–Kier alpha value is -2.51. The van der Waals surface area contributed by atoms with Crippen molar-refractivity contribution < 1.29 is 18.7 Å². The Morgan fingerprint density at radius 1 is 1.29 bits per heavy atom. The fourth-order valence-corrected chi connectivity index (χ4v) is 4.61. The summed E-state index contributed by atoms with van der Waals surface area (Å²) in [6, 6.07) is 10.8. The number of pyridine rings is 1. The van der Waals surface area contributed by atoms with Crippen LogP contribution in [0.25, 0.3) is 0 Å². The maximum absolute atomic E-state index is 14.7. The lowest BCUT2D eigenvalue weighted by atomic mass is 9.88. The van der Waals surface area contributed by atoms with Gasteiger partial charge in [-0.15, -0.1) is 0 Å². The van der Waals surface area contributed by atoms with Crippen molar-refractivity contribution in [2.24, 2.45) is 5.92 Å². The third-order valence-corrected chi connectivity index (χ3v) is 6.20. The van der Waals surface area contributed by atoms with E-state index in [-0.39, 0.29) is 35.5 Å². The predicted molar refractivity (Wildman–Crippen MR) is 115 cm³/mol. The summed E-state index contributed by atoms with van der Waals surface area (Å²) < 4.78 is 25.4. The van der Waals surface area contributed by atoms with Gasteiger partial charge >= 0.3 is 0 Å². The van der Waals surface area contributed by atoms with Gasteiger partial charge < -0.3 is 14.8 Å². The van der Waals surface area contributed by atoms with Crippen molar-refractivity contribution in [3.8, 4) is 5.75 Å². The number of rotatable bonds is 7. The Balaban J connectivity index is 1.49. The van der Waals surface area contributed by atoms with Gasteiger partial charge in [0.15, 0.2) is 11.6 Å². The summed E-state index contributed by atoms with van der Waals surface area (Å²) in [6.45, 7) is 2.79. The molecule has 0 bridgehead atoms. The summed E-state index contributed by atoms with van der Waals surface area (Å²) >= 11 is 0. The van der Waals surface area contributed by atoms with Crippen LogP contribution < -0.4 is 10.1 Å². The van der Waals surface area contributed by atoms with Crippen LogP contribution in [0.5, 0.6) is 5.75 Å². The zero-order valence-electron chi connectivity index (χ0n) is 17.9. The molecule has 6 nitrogen and oxygen atoms in total. The minimum atomic E-state index is -0.378. The number of hydrogen-bond acceptors (Lipinski definition) is 5. The molecule has 1 amide bonds. The molecule has 31 heavy (non-hydrogen) atoms. The SMILES string of the molecule is COc1cccc(CN2CCCC(C(NC(=O)C3CCCO3)c3ccccn3)C2)c1F. The minimum absolute atomic E-state index is 0.0656. The van der Waals surface area contributed by atoms with Crippen molar-refractivity contribution in [3.05, 3.63) is 59.7 Å². The van der Waals surface area contributed by atoms with Crippen LogP contribution in [0.4, 0.5) is 4.39 Å². The smallest absolute Gasteiger partial charge is 0.249 e. The summed E-state index contributed by atoms with van der Waals surface area (Å²) in [4.78, 5) is 19.6. The van der Waals surface area contributed by atoms with Crippen molar-refractivity contribution >= 4 is 5.91 Å². The Morgan fingerprint density at radius 3 is 2.94 bits per heavy atom. The fraction of sp³-hybridized carbons (Fsp3) is 0.500. The van der Waals surface area contributed by atoms with E-state index in [4.69, 9.17) is 9.47 Å². The molecule has 1 aromatic carbocycles. The third kappa shape index (κ3) is 5.22. The van der Waals surface area contributed by atoms with Crippen LogP contribution in [-0.2, 0) is 16.1 Å².